The highest BCUT2D eigenvalue weighted by atomic mass is 19.1. The monoisotopic (exact) mass is 1440 g/mol. The molecule has 12 aromatic rings. The van der Waals surface area contributed by atoms with Crippen LogP contribution in [0.4, 0.5) is 13.2 Å². The van der Waals surface area contributed by atoms with E-state index in [-0.39, 0.29) is 11.1 Å². The number of nitrogens with zero attached hydrogens (tertiary/aromatic N) is 8. The Balaban J connectivity index is 0.000000124. The van der Waals surface area contributed by atoms with Crippen LogP contribution in [0, 0.1) is 45.1 Å². The van der Waals surface area contributed by atoms with Crippen LogP contribution in [-0.4, -0.2) is 185 Å². The van der Waals surface area contributed by atoms with Crippen LogP contribution in [-0.2, 0) is 31.8 Å². The lowest BCUT2D eigenvalue weighted by atomic mass is 9.99. The van der Waals surface area contributed by atoms with E-state index < -0.39 is 140 Å². The predicted molar refractivity (Wildman–Crippen MR) is 377 cm³/mol. The fraction of sp³-hybridized carbons (Fsp3) is 0.333. The van der Waals surface area contributed by atoms with Gasteiger partial charge in [-0.05, 0) is 145 Å². The summed E-state index contributed by atoms with van der Waals surface area (Å²) in [4.78, 5) is 17.4. The Morgan fingerprint density at radius 1 is 0.333 bits per heavy atom. The number of aryl methyl sites for hydroxylation is 4. The highest BCUT2D eigenvalue weighted by molar-refractivity contribution is 5.82. The van der Waals surface area contributed by atoms with E-state index in [9.17, 15) is 74.4 Å². The first-order chi connectivity index (χ1) is 50.4. The Kier molecular flexibility index (Phi) is 22.2. The first-order valence-corrected chi connectivity index (χ1v) is 34.2. The molecule has 24 nitrogen and oxygen atoms in total. The zero-order chi connectivity index (χ0) is 74.2. The molecule has 0 aliphatic carbocycles. The standard InChI is InChI=1S/2C20H22N2O4.C19H18F2N2O4.C19H19FN2O4/c2*1-12-7-9-21-19-14(12)8-10-22(19)20-17(25)16(24)18(26-20)15(23)11-13-5-3-2-4-6-13;1-9-2-4-22-18-13(9)3-5-23(18)19-16(26)15(25)17(27-19)14(24)10-6-11(20)8-12(21)7-10;1-10-5-7-21-18-13(10)6-8-22(18)19-16(25)15(24)17(26-19)14(23)11-3-2-4-12(20)9-11/h2*2-10,15-18,20,23-25H,11H2,1H3;2-8,14-17,19,24-26H,1H3;2-9,14-17,19,23-25H,1H3/t15-,16+,17-,18-,20-;15-,16-,17+,18+,20+;2*14-,15+,16-,17-,19-/m1011/s1. The topological polar surface area (TPSA) is 351 Å². The third kappa shape index (κ3) is 15.1. The van der Waals surface area contributed by atoms with Crippen LogP contribution in [0.3, 0.4) is 0 Å². The van der Waals surface area contributed by atoms with Crippen molar-refractivity contribution in [3.05, 3.63) is 263 Å². The van der Waals surface area contributed by atoms with E-state index in [4.69, 9.17) is 18.9 Å². The second-order valence-electron chi connectivity index (χ2n) is 26.9. The zero-order valence-corrected chi connectivity index (χ0v) is 57.2. The zero-order valence-electron chi connectivity index (χ0n) is 57.2. The van der Waals surface area contributed by atoms with E-state index in [0.29, 0.717) is 41.5 Å². The Labute approximate surface area is 599 Å². The largest absolute Gasteiger partial charge is 0.390 e. The summed E-state index contributed by atoms with van der Waals surface area (Å²) in [6.45, 7) is 7.84. The Morgan fingerprint density at radius 3 is 0.952 bits per heavy atom. The van der Waals surface area contributed by atoms with Gasteiger partial charge >= 0.3 is 0 Å². The fourth-order valence-electron chi connectivity index (χ4n) is 14.2. The van der Waals surface area contributed by atoms with Gasteiger partial charge in [-0.1, -0.05) is 72.8 Å². The molecule has 0 saturated carbocycles. The molecule has 0 amide bonds. The van der Waals surface area contributed by atoms with Gasteiger partial charge in [-0.3, -0.25) is 0 Å². The lowest BCUT2D eigenvalue weighted by Crippen LogP contribution is -2.39. The van der Waals surface area contributed by atoms with Crippen LogP contribution in [0.2, 0.25) is 0 Å². The fourth-order valence-corrected chi connectivity index (χ4v) is 14.2. The molecule has 4 aromatic carbocycles. The molecule has 105 heavy (non-hydrogen) atoms. The summed E-state index contributed by atoms with van der Waals surface area (Å²) in [7, 11) is 0. The second kappa shape index (κ2) is 31.5. The van der Waals surface area contributed by atoms with Gasteiger partial charge in [0.1, 0.15) is 125 Å². The molecule has 0 spiro atoms. The number of aliphatic hydroxyl groups excluding tert-OH is 12. The highest BCUT2D eigenvalue weighted by Gasteiger charge is 2.51. The van der Waals surface area contributed by atoms with Crippen molar-refractivity contribution in [1.82, 2.24) is 38.2 Å². The number of aliphatic hydroxyl groups is 12. The van der Waals surface area contributed by atoms with Crippen LogP contribution in [0.5, 0.6) is 0 Å². The number of pyridine rings is 4. The highest BCUT2D eigenvalue weighted by Crippen LogP contribution is 2.42. The normalized spacial score (nSPS) is 27.0. The Bertz CT molecular complexity index is 4780. The van der Waals surface area contributed by atoms with Crippen molar-refractivity contribution < 1.29 is 93.4 Å². The molecule has 4 aliphatic heterocycles. The molecular weight excluding hydrogens is 1360 g/mol. The van der Waals surface area contributed by atoms with E-state index in [0.717, 1.165) is 67.1 Å². The minimum atomic E-state index is -1.53. The number of aromatic nitrogens is 8. The smallest absolute Gasteiger partial charge is 0.164 e. The number of ether oxygens (including phenoxy) is 4. The summed E-state index contributed by atoms with van der Waals surface area (Å²) >= 11 is 0. The molecule has 0 bridgehead atoms. The molecule has 12 heterocycles. The number of hydrogen-bond donors (Lipinski definition) is 12. The van der Waals surface area contributed by atoms with Crippen molar-refractivity contribution >= 4 is 44.1 Å². The summed E-state index contributed by atoms with van der Waals surface area (Å²) in [6, 6.07) is 42.1. The Morgan fingerprint density at radius 2 is 0.629 bits per heavy atom. The van der Waals surface area contributed by atoms with Crippen molar-refractivity contribution in [1.29, 1.82) is 0 Å². The number of rotatable bonds is 14. The van der Waals surface area contributed by atoms with E-state index in [1.165, 1.54) is 18.2 Å². The number of halogens is 3. The molecule has 12 N–H and O–H groups in total. The maximum atomic E-state index is 13.4. The van der Waals surface area contributed by atoms with Gasteiger partial charge in [-0.2, -0.15) is 0 Å². The minimum absolute atomic E-state index is 0.0873. The average Bonchev–Trinajstić information content (AvgIpc) is 1.64. The van der Waals surface area contributed by atoms with Gasteiger partial charge < -0.3 is 98.5 Å². The van der Waals surface area contributed by atoms with Gasteiger partial charge in [0.05, 0.1) is 12.2 Å². The average molecular weight is 1440 g/mol. The third-order valence-electron chi connectivity index (χ3n) is 19.9. The molecular formula is C78H81F3N8O16. The first-order valence-electron chi connectivity index (χ1n) is 34.2. The maximum absolute atomic E-state index is 13.4. The van der Waals surface area contributed by atoms with Crippen molar-refractivity contribution in [2.24, 2.45) is 0 Å². The van der Waals surface area contributed by atoms with Crippen molar-refractivity contribution in [2.75, 3.05) is 0 Å². The molecule has 16 rings (SSSR count). The summed E-state index contributed by atoms with van der Waals surface area (Å²) in [5.41, 5.74) is 8.75. The quantitative estimate of drug-likeness (QED) is 0.0524. The lowest BCUT2D eigenvalue weighted by Gasteiger charge is -2.21. The molecule has 550 valence electrons. The van der Waals surface area contributed by atoms with E-state index >= 15 is 0 Å². The van der Waals surface area contributed by atoms with Gasteiger partial charge in [0.15, 0.2) is 24.9 Å². The molecule has 4 aliphatic rings. The molecule has 27 heteroatoms. The Hall–Kier alpha value is -9.21. The maximum Gasteiger partial charge on any atom is 0.164 e. The number of hydrogen-bond acceptors (Lipinski definition) is 20. The molecule has 4 saturated heterocycles. The van der Waals surface area contributed by atoms with Crippen LogP contribution in [0.15, 0.2) is 201 Å². The van der Waals surface area contributed by atoms with E-state index in [1.807, 2.05) is 137 Å². The van der Waals surface area contributed by atoms with E-state index in [2.05, 4.69) is 19.9 Å². The number of fused-ring (bicyclic) bond motifs is 4. The van der Waals surface area contributed by atoms with Gasteiger partial charge in [0.2, 0.25) is 0 Å². The number of benzene rings is 4. The van der Waals surface area contributed by atoms with Crippen LogP contribution < -0.4 is 0 Å². The second-order valence-corrected chi connectivity index (χ2v) is 26.9. The molecule has 4 fully saturated rings. The molecule has 20 atom stereocenters. The lowest BCUT2D eigenvalue weighted by molar-refractivity contribution is -0.0849. The van der Waals surface area contributed by atoms with Gasteiger partial charge in [0, 0.05) is 90.0 Å². The molecule has 0 radical (unpaired) electrons. The van der Waals surface area contributed by atoms with Crippen molar-refractivity contribution in [3.8, 4) is 0 Å². The predicted octanol–water partition coefficient (Wildman–Crippen LogP) is 6.95. The van der Waals surface area contributed by atoms with Crippen LogP contribution in [0.1, 0.15) is 81.6 Å². The summed E-state index contributed by atoms with van der Waals surface area (Å²) < 4.78 is 70.2. The summed E-state index contributed by atoms with van der Waals surface area (Å²) in [5.74, 6) is -2.21. The SMILES string of the molecule is Cc1ccnc2c1ccn2[C@@H]1O[C@H]([C@@H](O)Cc2ccccc2)[C@@H](O)[C@H]1O.Cc1ccnc2c1ccn2[C@@H]1O[C@H]([C@H](O)Cc2ccccc2)[C@@H](O)[C@H]1O.Cc1ccnc2c1ccn2[C@@H]1O[C@H]([C@H](O)c2cc(F)cc(F)c2)[C@@H](O)[C@H]1O.Cc1ccnc2c1ccn2[C@@H]1O[C@H]([C@H](O)c2cccc(F)c2)[C@@H](O)[C@H]1O. The summed E-state index contributed by atoms with van der Waals surface area (Å²) in [5, 5.41) is 129. The summed E-state index contributed by atoms with van der Waals surface area (Å²) in [6.07, 6.45) is -8.05. The van der Waals surface area contributed by atoms with Crippen LogP contribution in [0.25, 0.3) is 44.1 Å². The van der Waals surface area contributed by atoms with Crippen LogP contribution >= 0.6 is 0 Å². The van der Waals surface area contributed by atoms with E-state index in [1.54, 1.807) is 73.9 Å². The molecule has 0 unspecified atom stereocenters. The van der Waals surface area contributed by atoms with Gasteiger partial charge in [0.25, 0.3) is 0 Å². The van der Waals surface area contributed by atoms with Crippen molar-refractivity contribution in [3.63, 3.8) is 0 Å². The van der Waals surface area contributed by atoms with Gasteiger partial charge in [-0.25, -0.2) is 33.1 Å². The van der Waals surface area contributed by atoms with Gasteiger partial charge in [-0.15, -0.1) is 0 Å². The van der Waals surface area contributed by atoms with Crippen molar-refractivity contribution in [2.45, 2.75) is 163 Å². The third-order valence-corrected chi connectivity index (χ3v) is 19.9. The first kappa shape index (κ1) is 74.1. The minimum Gasteiger partial charge on any atom is -0.390 e. The molecule has 8 aromatic heterocycles.